The minimum Gasteiger partial charge on any atom is -0.493 e. The Kier molecular flexibility index (Phi) is 3.05. The Morgan fingerprint density at radius 2 is 2.14 bits per heavy atom. The normalized spacial score (nSPS) is 10.0. The van der Waals surface area contributed by atoms with Crippen molar-refractivity contribution in [1.82, 2.24) is 0 Å². The standard InChI is InChI=1S/C8H5BrF2O3/c1-14-7-4(10)2-3(9)6(11)5(7)8(12)13/h2H,1H3,(H,12,13). The predicted molar refractivity (Wildman–Crippen MR) is 47.6 cm³/mol. The Bertz CT molecular complexity index is 393. The van der Waals surface area contributed by atoms with Crippen LogP contribution in [0.2, 0.25) is 0 Å². The van der Waals surface area contributed by atoms with E-state index in [-0.39, 0.29) is 4.47 Å². The van der Waals surface area contributed by atoms with Crippen molar-refractivity contribution in [2.45, 2.75) is 0 Å². The first kappa shape index (κ1) is 10.9. The van der Waals surface area contributed by atoms with Crippen molar-refractivity contribution < 1.29 is 23.4 Å². The van der Waals surface area contributed by atoms with E-state index in [1.54, 1.807) is 0 Å². The first-order valence-corrected chi connectivity index (χ1v) is 4.23. The zero-order valence-corrected chi connectivity index (χ0v) is 8.56. The molecule has 76 valence electrons. The van der Waals surface area contributed by atoms with Crippen LogP contribution in [-0.2, 0) is 0 Å². The minimum absolute atomic E-state index is 0.256. The fourth-order valence-electron chi connectivity index (χ4n) is 0.969. The van der Waals surface area contributed by atoms with Gasteiger partial charge < -0.3 is 9.84 Å². The number of carboxylic acid groups (broad SMARTS) is 1. The summed E-state index contributed by atoms with van der Waals surface area (Å²) >= 11 is 2.69. The number of methoxy groups -OCH3 is 1. The molecule has 0 heterocycles. The lowest BCUT2D eigenvalue weighted by molar-refractivity contribution is 0.0686. The third-order valence-electron chi connectivity index (χ3n) is 1.54. The topological polar surface area (TPSA) is 46.5 Å². The van der Waals surface area contributed by atoms with Gasteiger partial charge in [0.25, 0.3) is 0 Å². The molecule has 0 bridgehead atoms. The molecule has 0 aromatic heterocycles. The molecule has 0 fully saturated rings. The highest BCUT2D eigenvalue weighted by molar-refractivity contribution is 9.10. The van der Waals surface area contributed by atoms with Gasteiger partial charge in [-0.15, -0.1) is 0 Å². The zero-order chi connectivity index (χ0) is 10.9. The Hall–Kier alpha value is -1.17. The van der Waals surface area contributed by atoms with Gasteiger partial charge in [0.2, 0.25) is 0 Å². The van der Waals surface area contributed by atoms with Crippen LogP contribution in [0, 0.1) is 11.6 Å². The van der Waals surface area contributed by atoms with E-state index >= 15 is 0 Å². The highest BCUT2D eigenvalue weighted by Gasteiger charge is 2.23. The van der Waals surface area contributed by atoms with Gasteiger partial charge in [-0.1, -0.05) is 0 Å². The molecule has 3 nitrogen and oxygen atoms in total. The number of carboxylic acids is 1. The van der Waals surface area contributed by atoms with E-state index in [0.717, 1.165) is 13.2 Å². The van der Waals surface area contributed by atoms with Crippen LogP contribution in [0.25, 0.3) is 0 Å². The van der Waals surface area contributed by atoms with Crippen LogP contribution in [0.3, 0.4) is 0 Å². The van der Waals surface area contributed by atoms with E-state index in [1.807, 2.05) is 0 Å². The molecule has 1 aromatic rings. The monoisotopic (exact) mass is 266 g/mol. The van der Waals surface area contributed by atoms with Crippen molar-refractivity contribution in [3.8, 4) is 5.75 Å². The Morgan fingerprint density at radius 1 is 1.57 bits per heavy atom. The Balaban J connectivity index is 3.56. The predicted octanol–water partition coefficient (Wildman–Crippen LogP) is 2.43. The van der Waals surface area contributed by atoms with E-state index in [2.05, 4.69) is 20.7 Å². The van der Waals surface area contributed by atoms with Crippen molar-refractivity contribution >= 4 is 21.9 Å². The lowest BCUT2D eigenvalue weighted by Crippen LogP contribution is -2.06. The number of benzene rings is 1. The molecular formula is C8H5BrF2O3. The van der Waals surface area contributed by atoms with Gasteiger partial charge in [0.1, 0.15) is 5.56 Å². The Morgan fingerprint density at radius 3 is 2.57 bits per heavy atom. The van der Waals surface area contributed by atoms with Gasteiger partial charge in [-0.2, -0.15) is 0 Å². The summed E-state index contributed by atoms with van der Waals surface area (Å²) in [5.41, 5.74) is -0.820. The quantitative estimate of drug-likeness (QED) is 0.837. The SMILES string of the molecule is COc1c(F)cc(Br)c(F)c1C(=O)O. The summed E-state index contributed by atoms with van der Waals surface area (Å²) in [6, 6.07) is 0.806. The van der Waals surface area contributed by atoms with Crippen LogP contribution in [-0.4, -0.2) is 18.2 Å². The maximum Gasteiger partial charge on any atom is 0.342 e. The smallest absolute Gasteiger partial charge is 0.342 e. The van der Waals surface area contributed by atoms with Crippen LogP contribution in [0.4, 0.5) is 8.78 Å². The molecule has 6 heteroatoms. The maximum atomic E-state index is 13.2. The van der Waals surface area contributed by atoms with Gasteiger partial charge in [0.05, 0.1) is 11.6 Å². The first-order chi connectivity index (χ1) is 6.49. The van der Waals surface area contributed by atoms with E-state index in [0.29, 0.717) is 0 Å². The summed E-state index contributed by atoms with van der Waals surface area (Å²) in [5.74, 6) is -4.19. The summed E-state index contributed by atoms with van der Waals surface area (Å²) in [6.45, 7) is 0. The van der Waals surface area contributed by atoms with Crippen LogP contribution in [0.15, 0.2) is 10.5 Å². The molecule has 1 rings (SSSR count). The average Bonchev–Trinajstić information content (AvgIpc) is 2.10. The number of halogens is 3. The molecule has 0 unspecified atom stereocenters. The van der Waals surface area contributed by atoms with Crippen molar-refractivity contribution in [1.29, 1.82) is 0 Å². The van der Waals surface area contributed by atoms with Crippen molar-refractivity contribution in [2.75, 3.05) is 7.11 Å². The molecule has 0 atom stereocenters. The zero-order valence-electron chi connectivity index (χ0n) is 6.97. The summed E-state index contributed by atoms with van der Waals surface area (Å²) < 4.78 is 30.5. The van der Waals surface area contributed by atoms with Gasteiger partial charge in [-0.25, -0.2) is 13.6 Å². The van der Waals surface area contributed by atoms with Gasteiger partial charge in [0.15, 0.2) is 17.4 Å². The van der Waals surface area contributed by atoms with Crippen molar-refractivity contribution in [3.63, 3.8) is 0 Å². The fraction of sp³-hybridized carbons (Fsp3) is 0.125. The van der Waals surface area contributed by atoms with Crippen LogP contribution in [0.5, 0.6) is 5.75 Å². The molecule has 0 aliphatic carbocycles. The number of rotatable bonds is 2. The lowest BCUT2D eigenvalue weighted by atomic mass is 10.2. The first-order valence-electron chi connectivity index (χ1n) is 3.43. The largest absolute Gasteiger partial charge is 0.493 e. The molecule has 0 amide bonds. The van der Waals surface area contributed by atoms with Gasteiger partial charge in [-0.3, -0.25) is 0 Å². The third kappa shape index (κ3) is 1.70. The highest BCUT2D eigenvalue weighted by Crippen LogP contribution is 2.30. The summed E-state index contributed by atoms with van der Waals surface area (Å²) in [7, 11) is 1.07. The molecule has 0 aliphatic rings. The second-order valence-electron chi connectivity index (χ2n) is 2.37. The molecule has 0 saturated carbocycles. The second-order valence-corrected chi connectivity index (χ2v) is 3.22. The number of aromatic carboxylic acids is 1. The average molecular weight is 267 g/mol. The van der Waals surface area contributed by atoms with Crippen molar-refractivity contribution in [3.05, 3.63) is 27.7 Å². The van der Waals surface area contributed by atoms with Crippen molar-refractivity contribution in [2.24, 2.45) is 0 Å². The maximum absolute atomic E-state index is 13.2. The number of carbonyl (C=O) groups is 1. The summed E-state index contributed by atoms with van der Waals surface area (Å²) in [6.07, 6.45) is 0. The molecule has 0 radical (unpaired) electrons. The highest BCUT2D eigenvalue weighted by atomic mass is 79.9. The number of ether oxygens (including phenoxy) is 1. The molecular weight excluding hydrogens is 262 g/mol. The molecule has 1 aromatic carbocycles. The second kappa shape index (κ2) is 3.91. The van der Waals surface area contributed by atoms with E-state index in [4.69, 9.17) is 5.11 Å². The van der Waals surface area contributed by atoms with Crippen LogP contribution < -0.4 is 4.74 Å². The summed E-state index contributed by atoms with van der Waals surface area (Å²) in [5, 5.41) is 8.62. The number of hydrogen-bond donors (Lipinski definition) is 1. The minimum atomic E-state index is -1.58. The number of hydrogen-bond acceptors (Lipinski definition) is 2. The van der Waals surface area contributed by atoms with E-state index in [1.165, 1.54) is 0 Å². The van der Waals surface area contributed by atoms with Crippen LogP contribution in [0.1, 0.15) is 10.4 Å². The lowest BCUT2D eigenvalue weighted by Gasteiger charge is -2.07. The Labute approximate surface area is 86.4 Å². The molecule has 14 heavy (non-hydrogen) atoms. The summed E-state index contributed by atoms with van der Waals surface area (Å²) in [4.78, 5) is 10.6. The fourth-order valence-corrected chi connectivity index (χ4v) is 1.37. The van der Waals surface area contributed by atoms with E-state index < -0.39 is 28.9 Å². The molecule has 0 spiro atoms. The van der Waals surface area contributed by atoms with Gasteiger partial charge >= 0.3 is 5.97 Å². The molecule has 0 saturated heterocycles. The third-order valence-corrected chi connectivity index (χ3v) is 2.12. The molecule has 1 N–H and O–H groups in total. The molecule has 0 aliphatic heterocycles. The van der Waals surface area contributed by atoms with Gasteiger partial charge in [0, 0.05) is 0 Å². The van der Waals surface area contributed by atoms with Gasteiger partial charge in [-0.05, 0) is 22.0 Å². The van der Waals surface area contributed by atoms with Crippen LogP contribution >= 0.6 is 15.9 Å². The van der Waals surface area contributed by atoms with E-state index in [9.17, 15) is 13.6 Å².